The molecule has 1 amide bonds. The Bertz CT molecular complexity index is 851. The fraction of sp³-hybridized carbons (Fsp3) is 0.583. The Balaban J connectivity index is 1.53. The second-order valence-corrected chi connectivity index (χ2v) is 8.88. The SMILES string of the molecule is CCCCC(C)c1ccc(Nc2nn(CC3CC3)c3c2CN(C(C)=O)CC3)cc1. The zero-order valence-corrected chi connectivity index (χ0v) is 18.1. The number of carbonyl (C=O) groups is 1. The van der Waals surface area contributed by atoms with Crippen LogP contribution in [0.4, 0.5) is 11.5 Å². The summed E-state index contributed by atoms with van der Waals surface area (Å²) in [7, 11) is 0. The van der Waals surface area contributed by atoms with Crippen LogP contribution in [0.3, 0.4) is 0 Å². The van der Waals surface area contributed by atoms with Crippen molar-refractivity contribution in [2.75, 3.05) is 11.9 Å². The second kappa shape index (κ2) is 8.60. The summed E-state index contributed by atoms with van der Waals surface area (Å²) >= 11 is 0. The molecular weight excluding hydrogens is 360 g/mol. The highest BCUT2D eigenvalue weighted by molar-refractivity contribution is 5.74. The average Bonchev–Trinajstić information content (AvgIpc) is 3.48. The third-order valence-corrected chi connectivity index (χ3v) is 6.44. The Hall–Kier alpha value is -2.30. The van der Waals surface area contributed by atoms with Gasteiger partial charge in [-0.2, -0.15) is 5.10 Å². The largest absolute Gasteiger partial charge is 0.338 e. The normalized spacial score (nSPS) is 17.1. The molecule has 5 heteroatoms. The van der Waals surface area contributed by atoms with Crippen molar-refractivity contribution in [3.8, 4) is 0 Å². The molecule has 5 nitrogen and oxygen atoms in total. The summed E-state index contributed by atoms with van der Waals surface area (Å²) in [6.07, 6.45) is 7.28. The van der Waals surface area contributed by atoms with Crippen molar-refractivity contribution in [2.24, 2.45) is 5.92 Å². The first-order valence-electron chi connectivity index (χ1n) is 11.3. The van der Waals surface area contributed by atoms with Crippen LogP contribution in [-0.2, 0) is 24.3 Å². The maximum atomic E-state index is 11.9. The van der Waals surface area contributed by atoms with Gasteiger partial charge >= 0.3 is 0 Å². The second-order valence-electron chi connectivity index (χ2n) is 8.88. The highest BCUT2D eigenvalue weighted by atomic mass is 16.2. The van der Waals surface area contributed by atoms with Crippen molar-refractivity contribution in [1.29, 1.82) is 0 Å². The number of benzene rings is 1. The number of fused-ring (bicyclic) bond motifs is 1. The number of amides is 1. The van der Waals surface area contributed by atoms with Gasteiger partial charge in [0.2, 0.25) is 5.91 Å². The topological polar surface area (TPSA) is 50.2 Å². The molecule has 1 aliphatic carbocycles. The van der Waals surface area contributed by atoms with Crippen molar-refractivity contribution < 1.29 is 4.79 Å². The van der Waals surface area contributed by atoms with Crippen LogP contribution in [0.2, 0.25) is 0 Å². The number of anilines is 2. The fourth-order valence-electron chi connectivity index (χ4n) is 4.26. The Morgan fingerprint density at radius 1 is 1.28 bits per heavy atom. The van der Waals surface area contributed by atoms with Gasteiger partial charge in [-0.15, -0.1) is 0 Å². The molecule has 0 saturated heterocycles. The molecule has 1 fully saturated rings. The van der Waals surface area contributed by atoms with Crippen LogP contribution in [0, 0.1) is 5.92 Å². The maximum Gasteiger partial charge on any atom is 0.219 e. The predicted octanol–water partition coefficient (Wildman–Crippen LogP) is 5.24. The number of aromatic nitrogens is 2. The Morgan fingerprint density at radius 2 is 2.03 bits per heavy atom. The number of hydrogen-bond acceptors (Lipinski definition) is 3. The summed E-state index contributed by atoms with van der Waals surface area (Å²) in [6, 6.07) is 8.79. The number of hydrogen-bond donors (Lipinski definition) is 1. The van der Waals surface area contributed by atoms with Crippen LogP contribution >= 0.6 is 0 Å². The van der Waals surface area contributed by atoms with Gasteiger partial charge in [-0.3, -0.25) is 9.48 Å². The molecule has 2 heterocycles. The van der Waals surface area contributed by atoms with Crippen molar-refractivity contribution >= 4 is 17.4 Å². The van der Waals surface area contributed by atoms with Crippen LogP contribution < -0.4 is 5.32 Å². The first-order valence-corrected chi connectivity index (χ1v) is 11.3. The van der Waals surface area contributed by atoms with Crippen molar-refractivity contribution in [3.63, 3.8) is 0 Å². The van der Waals surface area contributed by atoms with Gasteiger partial charge in [0.1, 0.15) is 0 Å². The molecule has 0 spiro atoms. The third kappa shape index (κ3) is 4.65. The zero-order chi connectivity index (χ0) is 20.4. The van der Waals surface area contributed by atoms with E-state index in [4.69, 9.17) is 5.10 Å². The van der Waals surface area contributed by atoms with E-state index < -0.39 is 0 Å². The maximum absolute atomic E-state index is 11.9. The molecule has 0 radical (unpaired) electrons. The highest BCUT2D eigenvalue weighted by Gasteiger charge is 2.29. The zero-order valence-electron chi connectivity index (χ0n) is 18.1. The first-order chi connectivity index (χ1) is 14.0. The minimum absolute atomic E-state index is 0.141. The lowest BCUT2D eigenvalue weighted by atomic mass is 9.95. The smallest absolute Gasteiger partial charge is 0.219 e. The molecule has 0 bridgehead atoms. The number of rotatable bonds is 8. The molecule has 1 saturated carbocycles. The van der Waals surface area contributed by atoms with E-state index in [2.05, 4.69) is 48.1 Å². The Kier molecular flexibility index (Phi) is 5.93. The van der Waals surface area contributed by atoms with Gasteiger partial charge in [0.15, 0.2) is 5.82 Å². The molecule has 1 aromatic carbocycles. The summed E-state index contributed by atoms with van der Waals surface area (Å²) in [4.78, 5) is 13.9. The van der Waals surface area contributed by atoms with Gasteiger partial charge in [0.25, 0.3) is 0 Å². The minimum Gasteiger partial charge on any atom is -0.338 e. The molecule has 1 aliphatic heterocycles. The van der Waals surface area contributed by atoms with E-state index in [0.717, 1.165) is 36.9 Å². The van der Waals surface area contributed by atoms with E-state index in [9.17, 15) is 4.79 Å². The summed E-state index contributed by atoms with van der Waals surface area (Å²) < 4.78 is 2.20. The lowest BCUT2D eigenvalue weighted by Gasteiger charge is -2.26. The molecule has 4 rings (SSSR count). The van der Waals surface area contributed by atoms with E-state index >= 15 is 0 Å². The molecule has 1 N–H and O–H groups in total. The molecule has 1 unspecified atom stereocenters. The highest BCUT2D eigenvalue weighted by Crippen LogP contribution is 2.34. The molecule has 156 valence electrons. The molecule has 1 atom stereocenters. The van der Waals surface area contributed by atoms with Gasteiger partial charge in [-0.1, -0.05) is 38.8 Å². The van der Waals surface area contributed by atoms with E-state index in [0.29, 0.717) is 12.5 Å². The van der Waals surface area contributed by atoms with Gasteiger partial charge in [-0.05, 0) is 48.8 Å². The number of unbranched alkanes of at least 4 members (excludes halogenated alkanes) is 1. The number of nitrogens with zero attached hydrogens (tertiary/aromatic N) is 3. The summed E-state index contributed by atoms with van der Waals surface area (Å²) in [5.74, 6) is 2.43. The average molecular weight is 395 g/mol. The molecular formula is C24H34N4O. The van der Waals surface area contributed by atoms with Crippen LogP contribution in [0.1, 0.15) is 75.6 Å². The van der Waals surface area contributed by atoms with Gasteiger partial charge in [0.05, 0.1) is 6.54 Å². The third-order valence-electron chi connectivity index (χ3n) is 6.44. The van der Waals surface area contributed by atoms with Crippen molar-refractivity contribution in [3.05, 3.63) is 41.1 Å². The standard InChI is InChI=1S/C24H34N4O/c1-4-5-6-17(2)20-9-11-21(12-10-20)25-24-22-16-27(18(3)29)14-13-23(22)28(26-24)15-19-7-8-19/h9-12,17,19H,4-8,13-16H2,1-3H3,(H,25,26). The molecule has 2 aromatic rings. The predicted molar refractivity (Wildman–Crippen MR) is 117 cm³/mol. The van der Waals surface area contributed by atoms with E-state index in [1.54, 1.807) is 6.92 Å². The monoisotopic (exact) mass is 394 g/mol. The van der Waals surface area contributed by atoms with E-state index in [-0.39, 0.29) is 5.91 Å². The molecule has 29 heavy (non-hydrogen) atoms. The van der Waals surface area contributed by atoms with E-state index in [1.165, 1.54) is 48.9 Å². The summed E-state index contributed by atoms with van der Waals surface area (Å²) in [5.41, 5.74) is 4.96. The van der Waals surface area contributed by atoms with E-state index in [1.807, 2.05) is 4.90 Å². The summed E-state index contributed by atoms with van der Waals surface area (Å²) in [5, 5.41) is 8.47. The van der Waals surface area contributed by atoms with Gasteiger partial charge in [-0.25, -0.2) is 0 Å². The Labute approximate surface area is 174 Å². The van der Waals surface area contributed by atoms with Gasteiger partial charge in [0, 0.05) is 43.4 Å². The lowest BCUT2D eigenvalue weighted by molar-refractivity contribution is -0.129. The van der Waals surface area contributed by atoms with Crippen LogP contribution in [0.15, 0.2) is 24.3 Å². The number of carbonyl (C=O) groups excluding carboxylic acids is 1. The van der Waals surface area contributed by atoms with Crippen LogP contribution in [0.25, 0.3) is 0 Å². The fourth-order valence-corrected chi connectivity index (χ4v) is 4.26. The summed E-state index contributed by atoms with van der Waals surface area (Å²) in [6.45, 7) is 8.68. The molecule has 1 aromatic heterocycles. The first kappa shape index (κ1) is 20.0. The van der Waals surface area contributed by atoms with Crippen LogP contribution in [0.5, 0.6) is 0 Å². The minimum atomic E-state index is 0.141. The lowest BCUT2D eigenvalue weighted by Crippen LogP contribution is -2.34. The van der Waals surface area contributed by atoms with Crippen molar-refractivity contribution in [1.82, 2.24) is 14.7 Å². The van der Waals surface area contributed by atoms with Crippen molar-refractivity contribution in [2.45, 2.75) is 78.3 Å². The molecule has 2 aliphatic rings. The number of nitrogens with one attached hydrogen (secondary N) is 1. The quantitative estimate of drug-likeness (QED) is 0.666. The van der Waals surface area contributed by atoms with Gasteiger partial charge < -0.3 is 10.2 Å². The Morgan fingerprint density at radius 3 is 2.69 bits per heavy atom. The van der Waals surface area contributed by atoms with Crippen LogP contribution in [-0.4, -0.2) is 27.1 Å².